The maximum Gasteiger partial charge on any atom is 0.259 e. The molecule has 2 heterocycles. The maximum absolute atomic E-state index is 13.5. The minimum Gasteiger partial charge on any atom is -0.314 e. The molecule has 3 rings (SSSR count). The van der Waals surface area contributed by atoms with Crippen molar-refractivity contribution in [3.8, 4) is 0 Å². The van der Waals surface area contributed by atoms with Crippen LogP contribution in [0.3, 0.4) is 0 Å². The van der Waals surface area contributed by atoms with E-state index in [0.717, 1.165) is 24.0 Å². The largest absolute Gasteiger partial charge is 0.314 e. The lowest BCUT2D eigenvalue weighted by atomic mass is 10.1. The highest BCUT2D eigenvalue weighted by molar-refractivity contribution is 5.78. The zero-order chi connectivity index (χ0) is 13.9. The average Bonchev–Trinajstić information content (AvgIpc) is 2.48. The lowest BCUT2D eigenvalue weighted by Crippen LogP contribution is -2.47. The summed E-state index contributed by atoms with van der Waals surface area (Å²) in [6.07, 6.45) is -2.43. The van der Waals surface area contributed by atoms with Crippen LogP contribution in [0.2, 0.25) is 0 Å². The number of halogens is 2. The summed E-state index contributed by atoms with van der Waals surface area (Å²) >= 11 is 0. The molecule has 0 spiro atoms. The van der Waals surface area contributed by atoms with E-state index >= 15 is 0 Å². The second-order valence-electron chi connectivity index (χ2n) is 4.99. The van der Waals surface area contributed by atoms with Crippen LogP contribution in [0, 0.1) is 0 Å². The van der Waals surface area contributed by atoms with Gasteiger partial charge in [-0.2, -0.15) is 0 Å². The van der Waals surface area contributed by atoms with E-state index in [1.54, 1.807) is 6.07 Å². The van der Waals surface area contributed by atoms with Crippen LogP contribution in [0.25, 0.3) is 10.9 Å². The number of pyridine rings is 1. The minimum atomic E-state index is -2.43. The molecule has 0 bridgehead atoms. The molecule has 2 aromatic rings. The van der Waals surface area contributed by atoms with Crippen molar-refractivity contribution in [2.75, 3.05) is 26.2 Å². The number of aromatic nitrogens is 1. The molecule has 0 aliphatic carbocycles. The average molecular weight is 277 g/mol. The van der Waals surface area contributed by atoms with E-state index in [1.807, 2.05) is 35.2 Å². The van der Waals surface area contributed by atoms with E-state index in [-0.39, 0.29) is 0 Å². The molecule has 0 saturated carbocycles. The molecule has 1 aliphatic heterocycles. The summed E-state index contributed by atoms with van der Waals surface area (Å²) in [5.41, 5.74) is 1.23. The number of piperazine rings is 1. The van der Waals surface area contributed by atoms with Gasteiger partial charge >= 0.3 is 0 Å². The number of hydrogen-bond donors (Lipinski definition) is 1. The number of para-hydroxylation sites is 1. The lowest BCUT2D eigenvalue weighted by Gasteiger charge is -2.34. The van der Waals surface area contributed by atoms with Crippen molar-refractivity contribution in [1.29, 1.82) is 0 Å². The standard InChI is InChI=1S/C15H17F2N3/c16-15(17)14(20-9-7-18-8-10-20)13-6-5-11-3-1-2-4-12(11)19-13/h1-6,14-15,18H,7-10H2/t14-/m0/s1. The van der Waals surface area contributed by atoms with Gasteiger partial charge in [-0.1, -0.05) is 24.3 Å². The van der Waals surface area contributed by atoms with Gasteiger partial charge < -0.3 is 5.32 Å². The zero-order valence-corrected chi connectivity index (χ0v) is 11.1. The molecule has 1 N–H and O–H groups in total. The van der Waals surface area contributed by atoms with Gasteiger partial charge in [0, 0.05) is 31.6 Å². The highest BCUT2D eigenvalue weighted by Gasteiger charge is 2.31. The van der Waals surface area contributed by atoms with E-state index < -0.39 is 12.5 Å². The molecule has 1 saturated heterocycles. The summed E-state index contributed by atoms with van der Waals surface area (Å²) in [6.45, 7) is 2.75. The molecule has 106 valence electrons. The van der Waals surface area contributed by atoms with Crippen LogP contribution in [0.5, 0.6) is 0 Å². The molecule has 1 fully saturated rings. The molecular formula is C15H17F2N3. The predicted octanol–water partition coefficient (Wildman–Crippen LogP) is 2.45. The van der Waals surface area contributed by atoms with Crippen molar-refractivity contribution in [2.24, 2.45) is 0 Å². The van der Waals surface area contributed by atoms with Crippen molar-refractivity contribution in [3.05, 3.63) is 42.1 Å². The van der Waals surface area contributed by atoms with Gasteiger partial charge in [0.05, 0.1) is 11.2 Å². The fourth-order valence-corrected chi connectivity index (χ4v) is 2.68. The summed E-state index contributed by atoms with van der Waals surface area (Å²) in [6, 6.07) is 10.3. The number of nitrogens with one attached hydrogen (secondary N) is 1. The summed E-state index contributed by atoms with van der Waals surface area (Å²) in [7, 11) is 0. The summed E-state index contributed by atoms with van der Waals surface area (Å²) < 4.78 is 26.9. The number of rotatable bonds is 3. The SMILES string of the molecule is FC(F)[C@H](c1ccc2ccccc2n1)N1CCNCC1. The van der Waals surface area contributed by atoms with Crippen LogP contribution >= 0.6 is 0 Å². The summed E-state index contributed by atoms with van der Waals surface area (Å²) in [5, 5.41) is 4.16. The third-order valence-corrected chi connectivity index (χ3v) is 3.71. The Balaban J connectivity index is 1.95. The van der Waals surface area contributed by atoms with Gasteiger partial charge in [-0.3, -0.25) is 9.88 Å². The van der Waals surface area contributed by atoms with Crippen LogP contribution in [0.4, 0.5) is 8.78 Å². The molecule has 5 heteroatoms. The Labute approximate surface area is 116 Å². The van der Waals surface area contributed by atoms with Gasteiger partial charge in [0.2, 0.25) is 0 Å². The van der Waals surface area contributed by atoms with Crippen molar-refractivity contribution >= 4 is 10.9 Å². The fourth-order valence-electron chi connectivity index (χ4n) is 2.68. The second kappa shape index (κ2) is 5.81. The molecule has 0 radical (unpaired) electrons. The highest BCUT2D eigenvalue weighted by Crippen LogP contribution is 2.27. The molecule has 1 aromatic carbocycles. The molecule has 1 aromatic heterocycles. The van der Waals surface area contributed by atoms with Crippen LogP contribution in [-0.4, -0.2) is 42.5 Å². The first-order valence-electron chi connectivity index (χ1n) is 6.84. The van der Waals surface area contributed by atoms with Gasteiger partial charge in [-0.15, -0.1) is 0 Å². The van der Waals surface area contributed by atoms with E-state index in [4.69, 9.17) is 0 Å². The fraction of sp³-hybridized carbons (Fsp3) is 0.400. The zero-order valence-electron chi connectivity index (χ0n) is 11.1. The first kappa shape index (κ1) is 13.4. The molecule has 0 amide bonds. The third-order valence-electron chi connectivity index (χ3n) is 3.71. The quantitative estimate of drug-likeness (QED) is 0.934. The molecule has 1 atom stereocenters. The number of benzene rings is 1. The van der Waals surface area contributed by atoms with Crippen molar-refractivity contribution in [1.82, 2.24) is 15.2 Å². The van der Waals surface area contributed by atoms with Gasteiger partial charge in [0.25, 0.3) is 6.43 Å². The monoisotopic (exact) mass is 277 g/mol. The van der Waals surface area contributed by atoms with Gasteiger partial charge in [0.1, 0.15) is 6.04 Å². The summed E-state index contributed by atoms with van der Waals surface area (Å²) in [4.78, 5) is 6.25. The summed E-state index contributed by atoms with van der Waals surface area (Å²) in [5.74, 6) is 0. The van der Waals surface area contributed by atoms with E-state index in [1.165, 1.54) is 0 Å². The Morgan fingerprint density at radius 2 is 1.80 bits per heavy atom. The predicted molar refractivity (Wildman–Crippen MR) is 74.9 cm³/mol. The number of hydrogen-bond acceptors (Lipinski definition) is 3. The Bertz CT molecular complexity index is 582. The number of fused-ring (bicyclic) bond motifs is 1. The number of nitrogens with zero attached hydrogens (tertiary/aromatic N) is 2. The van der Waals surface area contributed by atoms with Crippen molar-refractivity contribution < 1.29 is 8.78 Å². The van der Waals surface area contributed by atoms with Gasteiger partial charge in [-0.25, -0.2) is 8.78 Å². The molecule has 20 heavy (non-hydrogen) atoms. The van der Waals surface area contributed by atoms with E-state index in [9.17, 15) is 8.78 Å². The van der Waals surface area contributed by atoms with Crippen molar-refractivity contribution in [3.63, 3.8) is 0 Å². The van der Waals surface area contributed by atoms with Crippen LogP contribution in [0.1, 0.15) is 11.7 Å². The van der Waals surface area contributed by atoms with Crippen LogP contribution in [-0.2, 0) is 0 Å². The Morgan fingerprint density at radius 3 is 2.55 bits per heavy atom. The van der Waals surface area contributed by atoms with Gasteiger partial charge in [-0.05, 0) is 12.1 Å². The Morgan fingerprint density at radius 1 is 1.05 bits per heavy atom. The third kappa shape index (κ3) is 2.64. The first-order chi connectivity index (χ1) is 9.75. The highest BCUT2D eigenvalue weighted by atomic mass is 19.3. The van der Waals surface area contributed by atoms with Crippen molar-refractivity contribution in [2.45, 2.75) is 12.5 Å². The molecule has 0 unspecified atom stereocenters. The minimum absolute atomic E-state index is 0.459. The van der Waals surface area contributed by atoms with Gasteiger partial charge in [0.15, 0.2) is 0 Å². The van der Waals surface area contributed by atoms with Crippen LogP contribution < -0.4 is 5.32 Å². The first-order valence-corrected chi connectivity index (χ1v) is 6.84. The second-order valence-corrected chi connectivity index (χ2v) is 4.99. The molecular weight excluding hydrogens is 260 g/mol. The maximum atomic E-state index is 13.5. The smallest absolute Gasteiger partial charge is 0.259 e. The number of alkyl halides is 2. The topological polar surface area (TPSA) is 28.2 Å². The molecule has 3 nitrogen and oxygen atoms in total. The van der Waals surface area contributed by atoms with Crippen LogP contribution in [0.15, 0.2) is 36.4 Å². The Hall–Kier alpha value is -1.59. The lowest BCUT2D eigenvalue weighted by molar-refractivity contribution is 0.0162. The van der Waals surface area contributed by atoms with E-state index in [2.05, 4.69) is 10.3 Å². The molecule has 1 aliphatic rings. The normalized spacial score (nSPS) is 18.6. The van der Waals surface area contributed by atoms with E-state index in [0.29, 0.717) is 18.8 Å². The Kier molecular flexibility index (Phi) is 3.89.